The Morgan fingerprint density at radius 2 is 1.74 bits per heavy atom. The molecule has 1 aromatic carbocycles. The molecule has 0 aliphatic heterocycles. The van der Waals surface area contributed by atoms with Crippen LogP contribution in [0.3, 0.4) is 0 Å². The zero-order chi connectivity index (χ0) is 25.8. The number of fused-ring (bicyclic) bond motifs is 1. The summed E-state index contributed by atoms with van der Waals surface area (Å²) in [6.07, 6.45) is 5.62. The number of rotatable bonds is 5. The lowest BCUT2D eigenvalue weighted by molar-refractivity contribution is 0.104. The first-order chi connectivity index (χ1) is 16.2. The van der Waals surface area contributed by atoms with Crippen LogP contribution in [-0.2, 0) is 10.8 Å². The summed E-state index contributed by atoms with van der Waals surface area (Å²) in [5.41, 5.74) is 5.08. The molecule has 0 saturated heterocycles. The van der Waals surface area contributed by atoms with E-state index in [9.17, 15) is 9.50 Å². The Morgan fingerprint density at radius 3 is 2.31 bits per heavy atom. The van der Waals surface area contributed by atoms with Crippen molar-refractivity contribution < 1.29 is 13.9 Å². The number of hydrogen-bond donors (Lipinski definition) is 1. The highest BCUT2D eigenvalue weighted by Crippen LogP contribution is 2.51. The maximum Gasteiger partial charge on any atom is 0.192 e. The van der Waals surface area contributed by atoms with E-state index in [0.717, 1.165) is 46.2 Å². The van der Waals surface area contributed by atoms with Crippen molar-refractivity contribution in [2.75, 3.05) is 0 Å². The Hall–Kier alpha value is -0.833. The van der Waals surface area contributed by atoms with Crippen LogP contribution >= 0.6 is 22.6 Å². The molecule has 0 bridgehead atoms. The van der Waals surface area contributed by atoms with Crippen molar-refractivity contribution in [2.45, 2.75) is 109 Å². The van der Waals surface area contributed by atoms with Crippen molar-refractivity contribution in [3.8, 4) is 0 Å². The highest BCUT2D eigenvalue weighted by atomic mass is 127. The Morgan fingerprint density at radius 1 is 1.14 bits per heavy atom. The van der Waals surface area contributed by atoms with Gasteiger partial charge in [-0.3, -0.25) is 4.98 Å². The fourth-order valence-electron chi connectivity index (χ4n) is 5.46. The van der Waals surface area contributed by atoms with Crippen LogP contribution in [0.25, 0.3) is 0 Å². The van der Waals surface area contributed by atoms with E-state index < -0.39 is 14.4 Å². The van der Waals surface area contributed by atoms with E-state index in [4.69, 9.17) is 9.41 Å². The number of aliphatic hydroxyl groups is 1. The zero-order valence-corrected chi connectivity index (χ0v) is 25.5. The predicted octanol–water partition coefficient (Wildman–Crippen LogP) is 8.60. The van der Waals surface area contributed by atoms with Crippen LogP contribution in [0.1, 0.15) is 113 Å². The van der Waals surface area contributed by atoms with E-state index in [0.29, 0.717) is 11.5 Å². The summed E-state index contributed by atoms with van der Waals surface area (Å²) in [5, 5.41) is 11.8. The monoisotopic (exact) mass is 609 g/mol. The van der Waals surface area contributed by atoms with Gasteiger partial charge < -0.3 is 9.53 Å². The first-order valence-electron chi connectivity index (χ1n) is 13.0. The van der Waals surface area contributed by atoms with E-state index in [1.54, 1.807) is 12.1 Å². The minimum absolute atomic E-state index is 0.0363. The molecule has 1 fully saturated rings. The van der Waals surface area contributed by atoms with Crippen molar-refractivity contribution >= 4 is 30.9 Å². The molecule has 192 valence electrons. The van der Waals surface area contributed by atoms with Gasteiger partial charge in [-0.1, -0.05) is 59.6 Å². The van der Waals surface area contributed by atoms with Gasteiger partial charge in [0.1, 0.15) is 11.9 Å². The third kappa shape index (κ3) is 5.55. The highest BCUT2D eigenvalue weighted by Gasteiger charge is 2.44. The van der Waals surface area contributed by atoms with Crippen molar-refractivity contribution in [1.29, 1.82) is 0 Å². The van der Waals surface area contributed by atoms with Crippen molar-refractivity contribution in [3.63, 3.8) is 0 Å². The average molecular weight is 610 g/mol. The van der Waals surface area contributed by atoms with Crippen molar-refractivity contribution in [1.82, 2.24) is 4.98 Å². The SMILES string of the molecule is CC1(C)Cc2nc(C3CCCC3)c([C@@H](O)c3ccc(F)cc3)c(I)c2[C@@H](O[Si](C)(C)C(C)(C)C)C1. The maximum absolute atomic E-state index is 13.7. The normalized spacial score (nSPS) is 21.7. The molecular formula is C29H41FINO2Si. The molecule has 1 aromatic heterocycles. The molecule has 2 aliphatic rings. The zero-order valence-electron chi connectivity index (χ0n) is 22.3. The van der Waals surface area contributed by atoms with Gasteiger partial charge in [0.15, 0.2) is 8.32 Å². The van der Waals surface area contributed by atoms with E-state index in [2.05, 4.69) is 70.3 Å². The van der Waals surface area contributed by atoms with Gasteiger partial charge in [0.05, 0.1) is 11.8 Å². The molecule has 35 heavy (non-hydrogen) atoms. The van der Waals surface area contributed by atoms with Crippen LogP contribution in [0, 0.1) is 14.8 Å². The largest absolute Gasteiger partial charge is 0.410 e. The Labute approximate surface area is 225 Å². The molecule has 0 amide bonds. The maximum atomic E-state index is 13.7. The van der Waals surface area contributed by atoms with Crippen LogP contribution < -0.4 is 0 Å². The number of halogens is 2. The fourth-order valence-corrected chi connectivity index (χ4v) is 7.95. The van der Waals surface area contributed by atoms with Gasteiger partial charge in [-0.05, 0) is 89.5 Å². The van der Waals surface area contributed by atoms with Crippen LogP contribution in [0.2, 0.25) is 18.1 Å². The van der Waals surface area contributed by atoms with Gasteiger partial charge in [-0.2, -0.15) is 0 Å². The van der Waals surface area contributed by atoms with Crippen molar-refractivity contribution in [3.05, 3.63) is 61.7 Å². The van der Waals surface area contributed by atoms with Crippen LogP contribution in [0.4, 0.5) is 4.39 Å². The lowest BCUT2D eigenvalue weighted by atomic mass is 9.74. The Kier molecular flexibility index (Phi) is 7.62. The quantitative estimate of drug-likeness (QED) is 0.273. The van der Waals surface area contributed by atoms with Gasteiger partial charge in [-0.25, -0.2) is 4.39 Å². The van der Waals surface area contributed by atoms with Gasteiger partial charge >= 0.3 is 0 Å². The number of aliphatic hydroxyl groups excluding tert-OH is 1. The molecule has 2 aliphatic carbocycles. The Balaban J connectivity index is 1.89. The molecule has 1 heterocycles. The second kappa shape index (κ2) is 9.80. The topological polar surface area (TPSA) is 42.4 Å². The standard InChI is InChI=1S/C29H41FINO2Si/c1-28(2,3)35(6,7)34-22-17-29(4,5)16-21-23(22)25(31)24(26(32-21)18-10-8-9-11-18)27(33)19-12-14-20(30)15-13-19/h12-15,18,22,27,33H,8-11,16-17H2,1-7H3/t22-,27-/m0/s1. The number of aromatic nitrogens is 1. The van der Waals surface area contributed by atoms with Gasteiger partial charge in [0, 0.05) is 26.3 Å². The van der Waals surface area contributed by atoms with Gasteiger partial charge in [0.2, 0.25) is 0 Å². The third-order valence-corrected chi connectivity index (χ3v) is 14.1. The molecule has 0 unspecified atom stereocenters. The summed E-state index contributed by atoms with van der Waals surface area (Å²) in [6.45, 7) is 16.1. The van der Waals surface area contributed by atoms with E-state index in [1.807, 2.05) is 0 Å². The van der Waals surface area contributed by atoms with E-state index >= 15 is 0 Å². The number of nitrogens with zero attached hydrogens (tertiary/aromatic N) is 1. The van der Waals surface area contributed by atoms with E-state index in [1.165, 1.54) is 30.5 Å². The number of benzene rings is 1. The number of pyridine rings is 1. The summed E-state index contributed by atoms with van der Waals surface area (Å²) in [6, 6.07) is 6.25. The minimum atomic E-state index is -2.04. The molecule has 3 nitrogen and oxygen atoms in total. The summed E-state index contributed by atoms with van der Waals surface area (Å²) >= 11 is 2.45. The lowest BCUT2D eigenvalue weighted by Gasteiger charge is -2.44. The highest BCUT2D eigenvalue weighted by molar-refractivity contribution is 14.1. The molecular weight excluding hydrogens is 568 g/mol. The lowest BCUT2D eigenvalue weighted by Crippen LogP contribution is -2.44. The first-order valence-corrected chi connectivity index (χ1v) is 17.0. The summed E-state index contributed by atoms with van der Waals surface area (Å²) < 4.78 is 21.8. The van der Waals surface area contributed by atoms with Crippen LogP contribution in [-0.4, -0.2) is 18.4 Å². The summed E-state index contributed by atoms with van der Waals surface area (Å²) in [4.78, 5) is 5.35. The minimum Gasteiger partial charge on any atom is -0.410 e. The summed E-state index contributed by atoms with van der Waals surface area (Å²) in [5.74, 6) is 0.0732. The second-order valence-electron chi connectivity index (χ2n) is 12.9. The van der Waals surface area contributed by atoms with Crippen LogP contribution in [0.15, 0.2) is 24.3 Å². The fraction of sp³-hybridized carbons (Fsp3) is 0.621. The molecule has 6 heteroatoms. The smallest absolute Gasteiger partial charge is 0.192 e. The Bertz CT molecular complexity index is 1070. The van der Waals surface area contributed by atoms with Gasteiger partial charge in [0.25, 0.3) is 0 Å². The first kappa shape index (κ1) is 27.2. The molecule has 1 saturated carbocycles. The summed E-state index contributed by atoms with van der Waals surface area (Å²) in [7, 11) is -2.04. The molecule has 0 spiro atoms. The second-order valence-corrected chi connectivity index (χ2v) is 18.8. The molecule has 2 aromatic rings. The molecule has 0 radical (unpaired) electrons. The molecule has 4 rings (SSSR count). The molecule has 2 atom stereocenters. The average Bonchev–Trinajstić information content (AvgIpc) is 3.26. The van der Waals surface area contributed by atoms with Crippen LogP contribution in [0.5, 0.6) is 0 Å². The third-order valence-electron chi connectivity index (χ3n) is 8.47. The van der Waals surface area contributed by atoms with E-state index in [-0.39, 0.29) is 22.4 Å². The molecule has 1 N–H and O–H groups in total. The number of hydrogen-bond acceptors (Lipinski definition) is 3. The predicted molar refractivity (Wildman–Crippen MR) is 152 cm³/mol. The van der Waals surface area contributed by atoms with Crippen molar-refractivity contribution in [2.24, 2.45) is 5.41 Å². The van der Waals surface area contributed by atoms with Gasteiger partial charge in [-0.15, -0.1) is 0 Å².